The number of benzene rings is 2. The van der Waals surface area contributed by atoms with Gasteiger partial charge in [0.2, 0.25) is 5.91 Å². The van der Waals surface area contributed by atoms with Gasteiger partial charge in [0.05, 0.1) is 5.56 Å². The van der Waals surface area contributed by atoms with Crippen molar-refractivity contribution in [2.45, 2.75) is 84.5 Å². The van der Waals surface area contributed by atoms with E-state index in [1.54, 1.807) is 0 Å². The van der Waals surface area contributed by atoms with Crippen molar-refractivity contribution < 1.29 is 14.3 Å². The molecule has 1 aliphatic rings. The number of anilines is 2. The van der Waals surface area contributed by atoms with Gasteiger partial charge >= 0.3 is 0 Å². The fraction of sp³-hybridized carbons (Fsp3) is 0.576. The van der Waals surface area contributed by atoms with E-state index in [2.05, 4.69) is 52.8 Å². The van der Waals surface area contributed by atoms with Gasteiger partial charge in [-0.05, 0) is 68.7 Å². The number of nitrogens with one attached hydrogen (secondary N) is 2. The van der Waals surface area contributed by atoms with Gasteiger partial charge in [-0.25, -0.2) is 0 Å². The monoisotopic (exact) mass is 535 g/mol. The van der Waals surface area contributed by atoms with Gasteiger partial charge in [-0.1, -0.05) is 69.4 Å². The second-order valence-electron chi connectivity index (χ2n) is 10.7. The van der Waals surface area contributed by atoms with E-state index in [1.807, 2.05) is 25.1 Å². The molecule has 6 heteroatoms. The number of carbonyl (C=O) groups is 2. The lowest BCUT2D eigenvalue weighted by atomic mass is 9.89. The lowest BCUT2D eigenvalue weighted by Gasteiger charge is -2.35. The van der Waals surface area contributed by atoms with E-state index in [4.69, 9.17) is 4.74 Å². The largest absolute Gasteiger partial charge is 0.382 e. The van der Waals surface area contributed by atoms with Gasteiger partial charge in [0, 0.05) is 50.6 Å². The van der Waals surface area contributed by atoms with Crippen molar-refractivity contribution in [2.24, 2.45) is 5.92 Å². The van der Waals surface area contributed by atoms with Crippen molar-refractivity contribution in [1.82, 2.24) is 5.32 Å². The molecular weight excluding hydrogens is 486 g/mol. The second kappa shape index (κ2) is 17.7. The van der Waals surface area contributed by atoms with Crippen molar-refractivity contribution in [3.05, 3.63) is 59.7 Å². The quantitative estimate of drug-likeness (QED) is 0.214. The Morgan fingerprint density at radius 3 is 2.41 bits per heavy atom. The van der Waals surface area contributed by atoms with E-state index in [-0.39, 0.29) is 11.8 Å². The van der Waals surface area contributed by atoms with Gasteiger partial charge in [0.25, 0.3) is 5.91 Å². The van der Waals surface area contributed by atoms with E-state index >= 15 is 0 Å². The summed E-state index contributed by atoms with van der Waals surface area (Å²) in [6.45, 7) is 7.90. The predicted molar refractivity (Wildman–Crippen MR) is 162 cm³/mol. The van der Waals surface area contributed by atoms with Crippen LogP contribution in [0, 0.1) is 5.92 Å². The van der Waals surface area contributed by atoms with E-state index in [1.165, 1.54) is 31.2 Å². The molecule has 2 aromatic carbocycles. The molecule has 0 bridgehead atoms. The molecule has 0 aliphatic carbocycles. The van der Waals surface area contributed by atoms with Crippen LogP contribution in [0.2, 0.25) is 0 Å². The van der Waals surface area contributed by atoms with Crippen LogP contribution in [-0.4, -0.2) is 44.7 Å². The SMILES string of the molecule is CCCCCCCCC(=O)Nc1ccc(N2CCC(Cc3ccccc3)CC2)c(C(=O)NCCCOCC)c1. The second-order valence-corrected chi connectivity index (χ2v) is 10.7. The molecule has 3 rings (SSSR count). The summed E-state index contributed by atoms with van der Waals surface area (Å²) in [6, 6.07) is 16.5. The van der Waals surface area contributed by atoms with Crippen LogP contribution in [-0.2, 0) is 16.0 Å². The molecule has 1 heterocycles. The Morgan fingerprint density at radius 1 is 0.923 bits per heavy atom. The van der Waals surface area contributed by atoms with E-state index in [0.717, 1.165) is 57.3 Å². The minimum absolute atomic E-state index is 0.0167. The van der Waals surface area contributed by atoms with Gasteiger partial charge in [-0.15, -0.1) is 0 Å². The lowest BCUT2D eigenvalue weighted by molar-refractivity contribution is -0.116. The number of hydrogen-bond donors (Lipinski definition) is 2. The van der Waals surface area contributed by atoms with Crippen LogP contribution in [0.1, 0.15) is 94.0 Å². The number of rotatable bonds is 17. The molecule has 1 aliphatic heterocycles. The van der Waals surface area contributed by atoms with E-state index in [9.17, 15) is 9.59 Å². The molecule has 2 N–H and O–H groups in total. The normalized spacial score (nSPS) is 13.8. The number of piperidine rings is 1. The van der Waals surface area contributed by atoms with Crippen molar-refractivity contribution in [3.63, 3.8) is 0 Å². The highest BCUT2D eigenvalue weighted by molar-refractivity contribution is 6.02. The maximum atomic E-state index is 13.3. The zero-order valence-corrected chi connectivity index (χ0v) is 24.2. The van der Waals surface area contributed by atoms with Crippen LogP contribution in [0.5, 0.6) is 0 Å². The molecule has 0 spiro atoms. The first kappa shape index (κ1) is 30.7. The molecule has 2 aromatic rings. The Labute approximate surface area is 235 Å². The summed E-state index contributed by atoms with van der Waals surface area (Å²) >= 11 is 0. The molecule has 39 heavy (non-hydrogen) atoms. The Morgan fingerprint density at radius 2 is 1.67 bits per heavy atom. The Kier molecular flexibility index (Phi) is 13.9. The third-order valence-electron chi connectivity index (χ3n) is 7.56. The minimum Gasteiger partial charge on any atom is -0.382 e. The van der Waals surface area contributed by atoms with Crippen LogP contribution in [0.4, 0.5) is 11.4 Å². The fourth-order valence-corrected chi connectivity index (χ4v) is 5.30. The molecule has 1 saturated heterocycles. The zero-order valence-electron chi connectivity index (χ0n) is 24.2. The smallest absolute Gasteiger partial charge is 0.253 e. The molecule has 6 nitrogen and oxygen atoms in total. The van der Waals surface area contributed by atoms with Crippen molar-refractivity contribution in [2.75, 3.05) is 43.1 Å². The maximum absolute atomic E-state index is 13.3. The van der Waals surface area contributed by atoms with Crippen molar-refractivity contribution >= 4 is 23.2 Å². The highest BCUT2D eigenvalue weighted by Crippen LogP contribution is 2.30. The maximum Gasteiger partial charge on any atom is 0.253 e. The van der Waals surface area contributed by atoms with Gasteiger partial charge in [-0.3, -0.25) is 9.59 Å². The number of carbonyl (C=O) groups excluding carboxylic acids is 2. The topological polar surface area (TPSA) is 70.7 Å². The molecule has 0 saturated carbocycles. The summed E-state index contributed by atoms with van der Waals surface area (Å²) in [5.74, 6) is 0.572. The number of hydrogen-bond acceptors (Lipinski definition) is 4. The standard InChI is InChI=1S/C33H49N3O3/c1-3-5-6-7-8-12-16-32(37)35-29-17-18-31(30(26-29)33(38)34-21-13-24-39-4-2)36-22-19-28(20-23-36)25-27-14-10-9-11-15-27/h9-11,14-15,17-18,26,28H,3-8,12-13,16,19-25H2,1-2H3,(H,34,38)(H,35,37). The summed E-state index contributed by atoms with van der Waals surface area (Å²) in [5.41, 5.74) is 3.66. The highest BCUT2D eigenvalue weighted by atomic mass is 16.5. The molecule has 0 atom stereocenters. The lowest BCUT2D eigenvalue weighted by Crippen LogP contribution is -2.36. The molecular formula is C33H49N3O3. The van der Waals surface area contributed by atoms with Gasteiger partial charge in [0.1, 0.15) is 0 Å². The number of ether oxygens (including phenoxy) is 1. The van der Waals surface area contributed by atoms with Crippen molar-refractivity contribution in [1.29, 1.82) is 0 Å². The van der Waals surface area contributed by atoms with Gasteiger partial charge in [0.15, 0.2) is 0 Å². The molecule has 0 aromatic heterocycles. The molecule has 0 unspecified atom stereocenters. The van der Waals surface area contributed by atoms with E-state index in [0.29, 0.717) is 43.3 Å². The summed E-state index contributed by atoms with van der Waals surface area (Å²) in [6.07, 6.45) is 11.5. The van der Waals surface area contributed by atoms with Gasteiger partial charge < -0.3 is 20.3 Å². The third-order valence-corrected chi connectivity index (χ3v) is 7.56. The number of unbranched alkanes of at least 4 members (excludes halogenated alkanes) is 5. The van der Waals surface area contributed by atoms with Crippen molar-refractivity contribution in [3.8, 4) is 0 Å². The summed E-state index contributed by atoms with van der Waals surface area (Å²) < 4.78 is 5.41. The Bertz CT molecular complexity index is 987. The summed E-state index contributed by atoms with van der Waals surface area (Å²) in [4.78, 5) is 28.2. The summed E-state index contributed by atoms with van der Waals surface area (Å²) in [5, 5.41) is 6.09. The average Bonchev–Trinajstić information content (AvgIpc) is 2.96. The van der Waals surface area contributed by atoms with Crippen LogP contribution < -0.4 is 15.5 Å². The number of amides is 2. The van der Waals surface area contributed by atoms with Crippen LogP contribution >= 0.6 is 0 Å². The van der Waals surface area contributed by atoms with Gasteiger partial charge in [-0.2, -0.15) is 0 Å². The molecule has 1 fully saturated rings. The first-order valence-electron chi connectivity index (χ1n) is 15.2. The predicted octanol–water partition coefficient (Wildman–Crippen LogP) is 6.99. The molecule has 214 valence electrons. The van der Waals surface area contributed by atoms with Crippen LogP contribution in [0.15, 0.2) is 48.5 Å². The zero-order chi connectivity index (χ0) is 27.7. The number of nitrogens with zero attached hydrogens (tertiary/aromatic N) is 1. The molecule has 0 radical (unpaired) electrons. The Balaban J connectivity index is 1.61. The van der Waals surface area contributed by atoms with Crippen LogP contribution in [0.3, 0.4) is 0 Å². The first-order chi connectivity index (χ1) is 19.1. The molecule has 2 amide bonds. The minimum atomic E-state index is -0.0973. The highest BCUT2D eigenvalue weighted by Gasteiger charge is 2.24. The first-order valence-corrected chi connectivity index (χ1v) is 15.2. The summed E-state index contributed by atoms with van der Waals surface area (Å²) in [7, 11) is 0. The fourth-order valence-electron chi connectivity index (χ4n) is 5.30. The third kappa shape index (κ3) is 11.0. The average molecular weight is 536 g/mol. The Hall–Kier alpha value is -2.86. The van der Waals surface area contributed by atoms with Crippen LogP contribution in [0.25, 0.3) is 0 Å². The van der Waals surface area contributed by atoms with E-state index < -0.39 is 0 Å².